The van der Waals surface area contributed by atoms with E-state index in [1.165, 1.54) is 0 Å². The number of halogens is 1. The molecule has 0 saturated carbocycles. The molecule has 1 fully saturated rings. The van der Waals surface area contributed by atoms with Crippen LogP contribution in [0.4, 0.5) is 0 Å². The third kappa shape index (κ3) is 4.60. The Morgan fingerprint density at radius 1 is 1.21 bits per heavy atom. The highest BCUT2D eigenvalue weighted by molar-refractivity contribution is 6.30. The van der Waals surface area contributed by atoms with Crippen molar-refractivity contribution in [1.29, 1.82) is 0 Å². The predicted molar refractivity (Wildman–Crippen MR) is 113 cm³/mol. The molecule has 0 spiro atoms. The summed E-state index contributed by atoms with van der Waals surface area (Å²) >= 11 is 5.97. The largest absolute Gasteiger partial charge is 0.424 e. The van der Waals surface area contributed by atoms with E-state index in [4.69, 9.17) is 21.3 Å². The van der Waals surface area contributed by atoms with E-state index in [-0.39, 0.29) is 6.01 Å². The zero-order valence-corrected chi connectivity index (χ0v) is 16.6. The van der Waals surface area contributed by atoms with Crippen LogP contribution in [0.25, 0.3) is 11.3 Å². The van der Waals surface area contributed by atoms with Gasteiger partial charge in [-0.2, -0.15) is 0 Å². The summed E-state index contributed by atoms with van der Waals surface area (Å²) in [5.41, 5.74) is 3.45. The Kier molecular flexibility index (Phi) is 5.53. The Balaban J connectivity index is 1.40. The van der Waals surface area contributed by atoms with Gasteiger partial charge in [-0.3, -0.25) is 4.98 Å². The van der Waals surface area contributed by atoms with E-state index < -0.39 is 0 Å². The summed E-state index contributed by atoms with van der Waals surface area (Å²) in [5.74, 6) is 1.13. The maximum atomic E-state index is 5.97. The lowest BCUT2D eigenvalue weighted by Gasteiger charge is -2.41. The topological polar surface area (TPSA) is 64.0 Å². The normalized spacial score (nSPS) is 13.6. The third-order valence-corrected chi connectivity index (χ3v) is 4.95. The molecule has 2 aromatic heterocycles. The number of hydrogen-bond donors (Lipinski definition) is 0. The summed E-state index contributed by atoms with van der Waals surface area (Å²) < 4.78 is 5.63. The van der Waals surface area contributed by atoms with Crippen molar-refractivity contribution in [2.75, 3.05) is 13.1 Å². The minimum atomic E-state index is 0.247. The molecule has 0 unspecified atom stereocenters. The smallest absolute Gasteiger partial charge is 0.321 e. The molecule has 0 N–H and O–H groups in total. The first kappa shape index (κ1) is 19.1. The van der Waals surface area contributed by atoms with E-state index in [1.54, 1.807) is 42.9 Å². The minimum absolute atomic E-state index is 0.247. The van der Waals surface area contributed by atoms with Crippen LogP contribution in [-0.4, -0.2) is 37.9 Å². The maximum Gasteiger partial charge on any atom is 0.321 e. The summed E-state index contributed by atoms with van der Waals surface area (Å²) in [6.45, 7) is 9.67. The molecule has 146 valence electrons. The van der Waals surface area contributed by atoms with Crippen molar-refractivity contribution in [3.8, 4) is 23.0 Å². The van der Waals surface area contributed by atoms with Crippen LogP contribution in [0.5, 0.6) is 11.8 Å². The fourth-order valence-electron chi connectivity index (χ4n) is 3.14. The van der Waals surface area contributed by atoms with Crippen LogP contribution in [0, 0.1) is 5.92 Å². The Morgan fingerprint density at radius 2 is 2.00 bits per heavy atom. The van der Waals surface area contributed by atoms with Crippen molar-refractivity contribution >= 4 is 11.6 Å². The minimum Gasteiger partial charge on any atom is -0.424 e. The Morgan fingerprint density at radius 3 is 2.72 bits per heavy atom. The van der Waals surface area contributed by atoms with E-state index in [0.717, 1.165) is 42.2 Å². The molecule has 0 radical (unpaired) electrons. The molecule has 4 rings (SSSR count). The van der Waals surface area contributed by atoms with Gasteiger partial charge in [-0.25, -0.2) is 15.0 Å². The van der Waals surface area contributed by atoms with Gasteiger partial charge in [-0.1, -0.05) is 30.8 Å². The molecule has 3 heterocycles. The highest BCUT2D eigenvalue weighted by Crippen LogP contribution is 2.25. The number of likely N-dealkylation sites (tertiary alicyclic amines) is 1. The fourth-order valence-corrected chi connectivity index (χ4v) is 3.32. The summed E-state index contributed by atoms with van der Waals surface area (Å²) in [7, 11) is 0. The van der Waals surface area contributed by atoms with Gasteiger partial charge in [0.1, 0.15) is 5.75 Å². The average molecular weight is 406 g/mol. The molecule has 6 nitrogen and oxygen atoms in total. The fraction of sp³-hybridized carbons (Fsp3) is 0.182. The lowest BCUT2D eigenvalue weighted by molar-refractivity contribution is 0.148. The number of benzene rings is 1. The van der Waals surface area contributed by atoms with Crippen molar-refractivity contribution in [3.63, 3.8) is 0 Å². The molecular formula is C22H20ClN5O. The van der Waals surface area contributed by atoms with Gasteiger partial charge >= 0.3 is 6.01 Å². The van der Waals surface area contributed by atoms with Gasteiger partial charge in [0.25, 0.3) is 0 Å². The Bertz CT molecular complexity index is 1030. The quantitative estimate of drug-likeness (QED) is 0.537. The van der Waals surface area contributed by atoms with Gasteiger partial charge in [0.15, 0.2) is 0 Å². The summed E-state index contributed by atoms with van der Waals surface area (Å²) in [6.07, 6.45) is 9.55. The molecule has 0 bridgehead atoms. The zero-order valence-electron chi connectivity index (χ0n) is 15.8. The van der Waals surface area contributed by atoms with Crippen molar-refractivity contribution < 1.29 is 4.74 Å². The Hall–Kier alpha value is -3.25. The van der Waals surface area contributed by atoms with Crippen LogP contribution in [0.2, 0.25) is 5.02 Å². The molecule has 29 heavy (non-hydrogen) atoms. The monoisotopic (exact) mass is 405 g/mol. The van der Waals surface area contributed by atoms with E-state index in [9.17, 15) is 0 Å². The molecule has 0 aliphatic carbocycles. The number of allylic oxidation sites excluding steroid dienone is 1. The lowest BCUT2D eigenvalue weighted by atomic mass is 9.94. The molecule has 1 aliphatic heterocycles. The average Bonchev–Trinajstić information content (AvgIpc) is 2.71. The molecule has 1 saturated heterocycles. The molecule has 0 atom stereocenters. The summed E-state index contributed by atoms with van der Waals surface area (Å²) in [5, 5.41) is 0.592. The van der Waals surface area contributed by atoms with Crippen LogP contribution >= 0.6 is 11.6 Å². The van der Waals surface area contributed by atoms with Crippen LogP contribution < -0.4 is 4.74 Å². The number of nitrogens with zero attached hydrogens (tertiary/aromatic N) is 5. The first-order valence-corrected chi connectivity index (χ1v) is 9.61. The Labute approximate surface area is 174 Å². The predicted octanol–water partition coefficient (Wildman–Crippen LogP) is 4.55. The summed E-state index contributed by atoms with van der Waals surface area (Å²) in [4.78, 5) is 19.8. The highest BCUT2D eigenvalue weighted by Gasteiger charge is 2.27. The second-order valence-electron chi connectivity index (χ2n) is 6.88. The second-order valence-corrected chi connectivity index (χ2v) is 7.32. The molecule has 0 amide bonds. The number of rotatable bonds is 7. The van der Waals surface area contributed by atoms with Crippen LogP contribution in [-0.2, 0) is 6.42 Å². The second kappa shape index (κ2) is 8.41. The van der Waals surface area contributed by atoms with Gasteiger partial charge in [-0.15, -0.1) is 0 Å². The van der Waals surface area contributed by atoms with E-state index in [0.29, 0.717) is 16.7 Å². The number of ether oxygens (including phenoxy) is 1. The van der Waals surface area contributed by atoms with Crippen molar-refractivity contribution in [2.45, 2.75) is 6.42 Å². The van der Waals surface area contributed by atoms with Crippen molar-refractivity contribution in [1.82, 2.24) is 24.8 Å². The van der Waals surface area contributed by atoms with E-state index in [2.05, 4.69) is 33.0 Å². The van der Waals surface area contributed by atoms with Gasteiger partial charge in [0.2, 0.25) is 0 Å². The van der Waals surface area contributed by atoms with Gasteiger partial charge in [0.05, 0.1) is 17.6 Å². The van der Waals surface area contributed by atoms with Gasteiger partial charge < -0.3 is 9.64 Å². The lowest BCUT2D eigenvalue weighted by Crippen LogP contribution is -2.46. The molecule has 7 heteroatoms. The summed E-state index contributed by atoms with van der Waals surface area (Å²) in [6, 6.07) is 7.34. The first-order valence-electron chi connectivity index (χ1n) is 9.24. The SMILES string of the molecule is C=CC(=C)N1CC(Cc2cncc(-c3cnc(Oc4cccc(Cl)c4)nc3)n2)C1. The van der Waals surface area contributed by atoms with Crippen LogP contribution in [0.1, 0.15) is 5.69 Å². The zero-order chi connectivity index (χ0) is 20.2. The molecular weight excluding hydrogens is 386 g/mol. The van der Waals surface area contributed by atoms with Crippen LogP contribution in [0.3, 0.4) is 0 Å². The first-order chi connectivity index (χ1) is 14.1. The van der Waals surface area contributed by atoms with Gasteiger partial charge in [-0.05, 0) is 36.6 Å². The number of hydrogen-bond acceptors (Lipinski definition) is 6. The van der Waals surface area contributed by atoms with Crippen LogP contribution in [0.15, 0.2) is 74.0 Å². The maximum absolute atomic E-state index is 5.97. The molecule has 1 aromatic carbocycles. The third-order valence-electron chi connectivity index (χ3n) is 4.71. The van der Waals surface area contributed by atoms with E-state index >= 15 is 0 Å². The molecule has 1 aliphatic rings. The molecule has 3 aromatic rings. The standard InChI is InChI=1S/C22H20ClN5O/c1-3-15(2)28-13-16(14-28)7-19-11-24-12-21(27-19)17-9-25-22(26-10-17)29-20-6-4-5-18(23)8-20/h3-6,8-12,16H,1-2,7,13-14H2. The van der Waals surface area contributed by atoms with Gasteiger partial charge in [0, 0.05) is 48.0 Å². The van der Waals surface area contributed by atoms with Crippen molar-refractivity contribution in [2.24, 2.45) is 5.92 Å². The van der Waals surface area contributed by atoms with E-state index in [1.807, 2.05) is 12.3 Å². The van der Waals surface area contributed by atoms with Crippen molar-refractivity contribution in [3.05, 3.63) is 84.7 Å². The number of aromatic nitrogens is 4. The highest BCUT2D eigenvalue weighted by atomic mass is 35.5.